The third-order valence-corrected chi connectivity index (χ3v) is 2.84. The summed E-state index contributed by atoms with van der Waals surface area (Å²) in [6.45, 7) is 12.3. The molecule has 0 saturated carbocycles. The molecule has 1 aromatic heterocycles. The molecule has 0 aliphatic carbocycles. The van der Waals surface area contributed by atoms with E-state index in [2.05, 4.69) is 41.4 Å². The number of benzene rings is 1. The number of nitrogens with zero attached hydrogens (tertiary/aromatic N) is 2. The summed E-state index contributed by atoms with van der Waals surface area (Å²) in [6.07, 6.45) is 0.167. The van der Waals surface area contributed by atoms with Crippen molar-refractivity contribution in [2.45, 2.75) is 53.2 Å². The fourth-order valence-corrected chi connectivity index (χ4v) is 2.09. The molecule has 0 saturated heterocycles. The third-order valence-electron chi connectivity index (χ3n) is 2.84. The van der Waals surface area contributed by atoms with Crippen molar-refractivity contribution >= 4 is 17.5 Å². The van der Waals surface area contributed by atoms with Crippen molar-refractivity contribution in [3.05, 3.63) is 36.0 Å². The van der Waals surface area contributed by atoms with Crippen LogP contribution >= 0.6 is 0 Å². The van der Waals surface area contributed by atoms with Crippen molar-refractivity contribution in [3.8, 4) is 5.75 Å². The van der Waals surface area contributed by atoms with Crippen molar-refractivity contribution in [3.63, 3.8) is 0 Å². The van der Waals surface area contributed by atoms with E-state index in [4.69, 9.17) is 4.74 Å². The molecule has 2 rings (SSSR count). The highest BCUT2D eigenvalue weighted by atomic mass is 16.5. The van der Waals surface area contributed by atoms with Gasteiger partial charge in [0, 0.05) is 23.0 Å². The molecule has 5 heteroatoms. The molecular weight excluding hydrogens is 288 g/mol. The lowest BCUT2D eigenvalue weighted by atomic mass is 10.1. The largest absolute Gasteiger partial charge is 0.491 e. The molecule has 2 N–H and O–H groups in total. The Morgan fingerprint density at radius 3 is 2.26 bits per heavy atom. The maximum absolute atomic E-state index is 5.64. The molecule has 1 aromatic carbocycles. The summed E-state index contributed by atoms with van der Waals surface area (Å²) in [7, 11) is 0. The van der Waals surface area contributed by atoms with Gasteiger partial charge in [-0.2, -0.15) is 4.98 Å². The first kappa shape index (κ1) is 17.1. The maximum Gasteiger partial charge on any atom is 0.229 e. The van der Waals surface area contributed by atoms with Gasteiger partial charge in [0.1, 0.15) is 11.6 Å². The minimum absolute atomic E-state index is 0.0477. The van der Waals surface area contributed by atoms with Crippen LogP contribution in [0.3, 0.4) is 0 Å². The predicted octanol–water partition coefficient (Wildman–Crippen LogP) is 4.53. The molecule has 124 valence electrons. The lowest BCUT2D eigenvalue weighted by Crippen LogP contribution is -2.27. The number of aromatic nitrogens is 2. The van der Waals surface area contributed by atoms with Gasteiger partial charge in [-0.05, 0) is 65.8 Å². The van der Waals surface area contributed by atoms with Gasteiger partial charge < -0.3 is 15.4 Å². The fourth-order valence-electron chi connectivity index (χ4n) is 2.09. The van der Waals surface area contributed by atoms with Gasteiger partial charge in [-0.3, -0.25) is 0 Å². The lowest BCUT2D eigenvalue weighted by Gasteiger charge is -2.21. The van der Waals surface area contributed by atoms with Crippen LogP contribution in [0, 0.1) is 6.92 Å². The Labute approximate surface area is 138 Å². The molecule has 0 atom stereocenters. The summed E-state index contributed by atoms with van der Waals surface area (Å²) in [4.78, 5) is 8.96. The molecule has 0 radical (unpaired) electrons. The van der Waals surface area contributed by atoms with Crippen LogP contribution in [0.2, 0.25) is 0 Å². The molecule has 0 spiro atoms. The van der Waals surface area contributed by atoms with E-state index >= 15 is 0 Å². The van der Waals surface area contributed by atoms with Crippen LogP contribution in [0.1, 0.15) is 40.3 Å². The van der Waals surface area contributed by atoms with Gasteiger partial charge in [-0.15, -0.1) is 0 Å². The van der Waals surface area contributed by atoms with Crippen LogP contribution in [0.5, 0.6) is 5.75 Å². The van der Waals surface area contributed by atoms with Gasteiger partial charge in [0.15, 0.2) is 0 Å². The Hall–Kier alpha value is -2.30. The quantitative estimate of drug-likeness (QED) is 0.849. The second-order valence-electron chi connectivity index (χ2n) is 6.91. The summed E-state index contributed by atoms with van der Waals surface area (Å²) in [5.41, 5.74) is 1.79. The molecule has 0 aliphatic rings. The highest BCUT2D eigenvalue weighted by molar-refractivity contribution is 5.56. The van der Waals surface area contributed by atoms with Gasteiger partial charge in [0.05, 0.1) is 6.10 Å². The van der Waals surface area contributed by atoms with E-state index in [-0.39, 0.29) is 11.6 Å². The molecule has 5 nitrogen and oxygen atoms in total. The standard InChI is InChI=1S/C18H26N4O/c1-12(2)23-15-9-7-14(8-10-15)20-17-19-13(3)11-16(21-17)22-18(4,5)6/h7-12H,1-6H3,(H2,19,20,21,22). The van der Waals surface area contributed by atoms with E-state index in [9.17, 15) is 0 Å². The second kappa shape index (κ2) is 6.86. The van der Waals surface area contributed by atoms with E-state index in [1.54, 1.807) is 0 Å². The van der Waals surface area contributed by atoms with Crippen molar-refractivity contribution in [1.82, 2.24) is 9.97 Å². The molecule has 0 fully saturated rings. The number of rotatable bonds is 5. The topological polar surface area (TPSA) is 59.1 Å². The smallest absolute Gasteiger partial charge is 0.229 e. The van der Waals surface area contributed by atoms with E-state index in [0.29, 0.717) is 5.95 Å². The highest BCUT2D eigenvalue weighted by Crippen LogP contribution is 2.21. The van der Waals surface area contributed by atoms with Crippen molar-refractivity contribution in [2.75, 3.05) is 10.6 Å². The molecule has 0 amide bonds. The van der Waals surface area contributed by atoms with Crippen molar-refractivity contribution in [2.24, 2.45) is 0 Å². The summed E-state index contributed by atoms with van der Waals surface area (Å²) in [6, 6.07) is 9.73. The zero-order valence-corrected chi connectivity index (χ0v) is 14.8. The van der Waals surface area contributed by atoms with E-state index in [1.807, 2.05) is 51.1 Å². The molecule has 0 aliphatic heterocycles. The highest BCUT2D eigenvalue weighted by Gasteiger charge is 2.11. The molecule has 23 heavy (non-hydrogen) atoms. The van der Waals surface area contributed by atoms with Gasteiger partial charge >= 0.3 is 0 Å². The van der Waals surface area contributed by atoms with Gasteiger partial charge in [-0.1, -0.05) is 0 Å². The first-order chi connectivity index (χ1) is 10.7. The van der Waals surface area contributed by atoms with Crippen LogP contribution in [0.4, 0.5) is 17.5 Å². The van der Waals surface area contributed by atoms with Crippen LogP contribution in [-0.4, -0.2) is 21.6 Å². The van der Waals surface area contributed by atoms with Gasteiger partial charge in [-0.25, -0.2) is 4.98 Å². The molecular formula is C18H26N4O. The van der Waals surface area contributed by atoms with E-state index < -0.39 is 0 Å². The lowest BCUT2D eigenvalue weighted by molar-refractivity contribution is 0.242. The van der Waals surface area contributed by atoms with Crippen molar-refractivity contribution in [1.29, 1.82) is 0 Å². The summed E-state index contributed by atoms with van der Waals surface area (Å²) in [5, 5.41) is 6.60. The monoisotopic (exact) mass is 314 g/mol. The van der Waals surface area contributed by atoms with Gasteiger partial charge in [0.2, 0.25) is 5.95 Å². The van der Waals surface area contributed by atoms with Crippen LogP contribution in [0.15, 0.2) is 30.3 Å². The van der Waals surface area contributed by atoms with E-state index in [1.165, 1.54) is 0 Å². The average Bonchev–Trinajstić information content (AvgIpc) is 2.37. The third kappa shape index (κ3) is 5.77. The van der Waals surface area contributed by atoms with E-state index in [0.717, 1.165) is 22.9 Å². The number of nitrogens with one attached hydrogen (secondary N) is 2. The van der Waals surface area contributed by atoms with Gasteiger partial charge in [0.25, 0.3) is 0 Å². The Morgan fingerprint density at radius 2 is 1.70 bits per heavy atom. The average molecular weight is 314 g/mol. The maximum atomic E-state index is 5.64. The molecule has 0 unspecified atom stereocenters. The molecule has 2 aromatic rings. The Bertz CT molecular complexity index is 645. The predicted molar refractivity (Wildman–Crippen MR) is 95.6 cm³/mol. The van der Waals surface area contributed by atoms with Crippen LogP contribution in [-0.2, 0) is 0 Å². The minimum atomic E-state index is -0.0477. The number of anilines is 3. The minimum Gasteiger partial charge on any atom is -0.491 e. The van der Waals surface area contributed by atoms with Crippen molar-refractivity contribution < 1.29 is 4.74 Å². The summed E-state index contributed by atoms with van der Waals surface area (Å²) < 4.78 is 5.64. The van der Waals surface area contributed by atoms with Crippen LogP contribution in [0.25, 0.3) is 0 Å². The fraction of sp³-hybridized carbons (Fsp3) is 0.444. The first-order valence-electron chi connectivity index (χ1n) is 7.89. The SMILES string of the molecule is Cc1cc(NC(C)(C)C)nc(Nc2ccc(OC(C)C)cc2)n1. The Balaban J connectivity index is 2.13. The second-order valence-corrected chi connectivity index (χ2v) is 6.91. The zero-order valence-electron chi connectivity index (χ0n) is 14.8. The molecule has 1 heterocycles. The van der Waals surface area contributed by atoms with Crippen LogP contribution < -0.4 is 15.4 Å². The zero-order chi connectivity index (χ0) is 17.0. The number of hydrogen-bond acceptors (Lipinski definition) is 5. The number of ether oxygens (including phenoxy) is 1. The Kier molecular flexibility index (Phi) is 5.08. The molecule has 0 bridgehead atoms. The number of aryl methyl sites for hydroxylation is 1. The summed E-state index contributed by atoms with van der Waals surface area (Å²) in [5.74, 6) is 2.24. The number of hydrogen-bond donors (Lipinski definition) is 2. The normalized spacial score (nSPS) is 11.4. The first-order valence-corrected chi connectivity index (χ1v) is 7.89. The Morgan fingerprint density at radius 1 is 1.04 bits per heavy atom. The summed E-state index contributed by atoms with van der Waals surface area (Å²) >= 11 is 0.